The Balaban J connectivity index is 1.82. The van der Waals surface area contributed by atoms with Crippen LogP contribution in [0.15, 0.2) is 47.0 Å². The number of aliphatic hydroxyl groups is 1. The van der Waals surface area contributed by atoms with Crippen LogP contribution in [0.3, 0.4) is 0 Å². The fraction of sp³-hybridized carbons (Fsp3) is 0.0625. The summed E-state index contributed by atoms with van der Waals surface area (Å²) in [6.07, 6.45) is 5.10. The number of hydrogen-bond donors (Lipinski definition) is 3. The van der Waals surface area contributed by atoms with E-state index in [0.29, 0.717) is 16.1 Å². The first-order valence-electron chi connectivity index (χ1n) is 6.97. The van der Waals surface area contributed by atoms with Gasteiger partial charge in [-0.3, -0.25) is 4.79 Å². The van der Waals surface area contributed by atoms with Gasteiger partial charge < -0.3 is 15.1 Å². The summed E-state index contributed by atoms with van der Waals surface area (Å²) in [7, 11) is 0. The molecule has 0 saturated carbocycles. The summed E-state index contributed by atoms with van der Waals surface area (Å²) in [6.45, 7) is -0.129. The third-order valence-electron chi connectivity index (χ3n) is 3.61. The first-order chi connectivity index (χ1) is 11.3. The van der Waals surface area contributed by atoms with Crippen LogP contribution in [0, 0.1) is 0 Å². The van der Waals surface area contributed by atoms with Crippen molar-refractivity contribution in [3.63, 3.8) is 0 Å². The Hall–Kier alpha value is -2.77. The first-order valence-corrected chi connectivity index (χ1v) is 7.85. The van der Waals surface area contributed by atoms with Crippen molar-refractivity contribution in [2.75, 3.05) is 0 Å². The molecule has 4 rings (SSSR count). The fourth-order valence-corrected chi connectivity index (χ4v) is 3.30. The Morgan fingerprint density at radius 2 is 2.13 bits per heavy atom. The van der Waals surface area contributed by atoms with E-state index < -0.39 is 0 Å². The van der Waals surface area contributed by atoms with Crippen LogP contribution in [0.5, 0.6) is 0 Å². The average molecular weight is 324 g/mol. The molecule has 0 radical (unpaired) electrons. The van der Waals surface area contributed by atoms with Crippen LogP contribution >= 0.6 is 11.3 Å². The molecule has 3 N–H and O–H groups in total. The molecule has 0 unspecified atom stereocenters. The lowest BCUT2D eigenvalue weighted by Crippen LogP contribution is -2.09. The van der Waals surface area contributed by atoms with Gasteiger partial charge >= 0.3 is 0 Å². The summed E-state index contributed by atoms with van der Waals surface area (Å²) in [5.41, 5.74) is 3.43. The molecule has 7 heteroatoms. The van der Waals surface area contributed by atoms with Gasteiger partial charge in [0, 0.05) is 34.9 Å². The van der Waals surface area contributed by atoms with Crippen molar-refractivity contribution >= 4 is 22.4 Å². The van der Waals surface area contributed by atoms with E-state index in [4.69, 9.17) is 0 Å². The standard InChI is InChI=1S/C16H12N4O2S/c21-7-9-4-11(15(22)19-5-9)16-20-13(8-23-16)12-6-18-14-10(12)2-1-3-17-14/h1-6,8,21H,7H2,(H,17,18)(H,19,22). The minimum absolute atomic E-state index is 0.129. The molecule has 6 nitrogen and oxygen atoms in total. The minimum atomic E-state index is -0.219. The quantitative estimate of drug-likeness (QED) is 0.540. The third kappa shape index (κ3) is 2.36. The summed E-state index contributed by atoms with van der Waals surface area (Å²) >= 11 is 1.40. The van der Waals surface area contributed by atoms with Crippen LogP contribution in [0.1, 0.15) is 5.56 Å². The van der Waals surface area contributed by atoms with Gasteiger partial charge in [0.15, 0.2) is 0 Å². The second kappa shape index (κ2) is 5.45. The number of fused-ring (bicyclic) bond motifs is 1. The van der Waals surface area contributed by atoms with Gasteiger partial charge in [-0.2, -0.15) is 0 Å². The van der Waals surface area contributed by atoms with E-state index in [1.54, 1.807) is 12.3 Å². The average Bonchev–Trinajstić information content (AvgIpc) is 3.22. The fourth-order valence-electron chi connectivity index (χ4n) is 2.47. The van der Waals surface area contributed by atoms with Gasteiger partial charge in [0.2, 0.25) is 0 Å². The largest absolute Gasteiger partial charge is 0.392 e. The molecular formula is C16H12N4O2S. The highest BCUT2D eigenvalue weighted by molar-refractivity contribution is 7.13. The molecule has 0 amide bonds. The highest BCUT2D eigenvalue weighted by Crippen LogP contribution is 2.31. The van der Waals surface area contributed by atoms with Crippen LogP contribution in [-0.2, 0) is 6.61 Å². The van der Waals surface area contributed by atoms with E-state index in [1.807, 2.05) is 23.7 Å². The zero-order chi connectivity index (χ0) is 15.8. The molecule has 4 heterocycles. The number of thiazole rings is 1. The zero-order valence-electron chi connectivity index (χ0n) is 11.9. The number of pyridine rings is 2. The topological polar surface area (TPSA) is 94.7 Å². The molecule has 0 fully saturated rings. The van der Waals surface area contributed by atoms with Crippen molar-refractivity contribution in [1.82, 2.24) is 19.9 Å². The minimum Gasteiger partial charge on any atom is -0.392 e. The number of aromatic nitrogens is 4. The lowest BCUT2D eigenvalue weighted by Gasteiger charge is -1.99. The lowest BCUT2D eigenvalue weighted by molar-refractivity contribution is 0.281. The molecular weight excluding hydrogens is 312 g/mol. The number of aromatic amines is 2. The molecule has 0 aliphatic heterocycles. The number of H-pyrrole nitrogens is 2. The highest BCUT2D eigenvalue weighted by Gasteiger charge is 2.13. The normalized spacial score (nSPS) is 11.2. The predicted octanol–water partition coefficient (Wildman–Crippen LogP) is 2.53. The molecule has 114 valence electrons. The molecule has 0 aliphatic rings. The molecule has 4 aromatic rings. The number of nitrogens with one attached hydrogen (secondary N) is 2. The van der Waals surface area contributed by atoms with Crippen molar-refractivity contribution < 1.29 is 5.11 Å². The molecule has 0 atom stereocenters. The first kappa shape index (κ1) is 13.9. The van der Waals surface area contributed by atoms with Gasteiger partial charge in [-0.05, 0) is 23.8 Å². The predicted molar refractivity (Wildman–Crippen MR) is 89.2 cm³/mol. The maximum absolute atomic E-state index is 12.0. The van der Waals surface area contributed by atoms with Crippen LogP contribution in [0.2, 0.25) is 0 Å². The van der Waals surface area contributed by atoms with E-state index >= 15 is 0 Å². The van der Waals surface area contributed by atoms with Crippen LogP contribution in [0.25, 0.3) is 32.9 Å². The van der Waals surface area contributed by atoms with Gasteiger partial charge in [0.1, 0.15) is 10.7 Å². The Labute approximate surface area is 134 Å². The smallest absolute Gasteiger partial charge is 0.258 e. The molecule has 23 heavy (non-hydrogen) atoms. The van der Waals surface area contributed by atoms with Crippen molar-refractivity contribution in [1.29, 1.82) is 0 Å². The van der Waals surface area contributed by atoms with Crippen LogP contribution in [0.4, 0.5) is 0 Å². The lowest BCUT2D eigenvalue weighted by atomic mass is 10.2. The van der Waals surface area contributed by atoms with Crippen molar-refractivity contribution in [2.45, 2.75) is 6.61 Å². The Kier molecular flexibility index (Phi) is 3.29. The maximum atomic E-state index is 12.0. The molecule has 0 bridgehead atoms. The number of hydrogen-bond acceptors (Lipinski definition) is 5. The van der Waals surface area contributed by atoms with Gasteiger partial charge in [0.05, 0.1) is 17.9 Å². The molecule has 0 aromatic carbocycles. The van der Waals surface area contributed by atoms with E-state index in [0.717, 1.165) is 22.3 Å². The summed E-state index contributed by atoms with van der Waals surface area (Å²) in [5, 5.41) is 12.7. The highest BCUT2D eigenvalue weighted by atomic mass is 32.1. The zero-order valence-corrected chi connectivity index (χ0v) is 12.7. The molecule has 4 aromatic heterocycles. The maximum Gasteiger partial charge on any atom is 0.258 e. The second-order valence-corrected chi connectivity index (χ2v) is 5.91. The van der Waals surface area contributed by atoms with E-state index in [1.165, 1.54) is 17.5 Å². The SMILES string of the molecule is O=c1[nH]cc(CO)cc1-c1nc(-c2c[nH]c3ncccc23)cs1. The Morgan fingerprint density at radius 1 is 1.22 bits per heavy atom. The van der Waals surface area contributed by atoms with E-state index in [2.05, 4.69) is 19.9 Å². The van der Waals surface area contributed by atoms with Crippen LogP contribution in [-0.4, -0.2) is 25.0 Å². The van der Waals surface area contributed by atoms with Crippen LogP contribution < -0.4 is 5.56 Å². The van der Waals surface area contributed by atoms with E-state index in [9.17, 15) is 9.90 Å². The van der Waals surface area contributed by atoms with Crippen molar-refractivity contribution in [3.05, 3.63) is 58.1 Å². The van der Waals surface area contributed by atoms with Crippen molar-refractivity contribution in [2.24, 2.45) is 0 Å². The van der Waals surface area contributed by atoms with Gasteiger partial charge in [-0.1, -0.05) is 0 Å². The summed E-state index contributed by atoms with van der Waals surface area (Å²) in [6, 6.07) is 5.52. The number of aliphatic hydroxyl groups excluding tert-OH is 1. The summed E-state index contributed by atoms with van der Waals surface area (Å²) in [4.78, 5) is 26.6. The Morgan fingerprint density at radius 3 is 3.00 bits per heavy atom. The Bertz CT molecular complexity index is 1050. The van der Waals surface area contributed by atoms with E-state index in [-0.39, 0.29) is 12.2 Å². The van der Waals surface area contributed by atoms with Crippen molar-refractivity contribution in [3.8, 4) is 21.8 Å². The van der Waals surface area contributed by atoms with Gasteiger partial charge in [-0.15, -0.1) is 11.3 Å². The third-order valence-corrected chi connectivity index (χ3v) is 4.48. The monoisotopic (exact) mass is 324 g/mol. The number of nitrogens with zero attached hydrogens (tertiary/aromatic N) is 2. The molecule has 0 spiro atoms. The molecule has 0 aliphatic carbocycles. The number of rotatable bonds is 3. The summed E-state index contributed by atoms with van der Waals surface area (Å²) in [5.74, 6) is 0. The van der Waals surface area contributed by atoms with Gasteiger partial charge in [-0.25, -0.2) is 9.97 Å². The molecule has 0 saturated heterocycles. The summed E-state index contributed by atoms with van der Waals surface area (Å²) < 4.78 is 0. The second-order valence-electron chi connectivity index (χ2n) is 5.05. The van der Waals surface area contributed by atoms with Gasteiger partial charge in [0.25, 0.3) is 5.56 Å².